The number of hydrogen-bond donors (Lipinski definition) is 2. The molecule has 0 bridgehead atoms. The second kappa shape index (κ2) is 5.70. The Hall–Kier alpha value is -0.790. The molecule has 6 nitrogen and oxygen atoms in total. The van der Waals surface area contributed by atoms with E-state index >= 15 is 0 Å². The predicted molar refractivity (Wildman–Crippen MR) is 66.5 cm³/mol. The number of nitrogens with one attached hydrogen (secondary N) is 1. The van der Waals surface area contributed by atoms with E-state index in [-0.39, 0.29) is 24.4 Å². The summed E-state index contributed by atoms with van der Waals surface area (Å²) in [5.41, 5.74) is 5.36. The fourth-order valence-corrected chi connectivity index (χ4v) is 3.28. The lowest BCUT2D eigenvalue weighted by molar-refractivity contribution is -0.143. The molecule has 17 heavy (non-hydrogen) atoms. The number of thioether (sulfide) groups is 1. The van der Waals surface area contributed by atoms with Crippen LogP contribution in [0.25, 0.3) is 0 Å². The van der Waals surface area contributed by atoms with Crippen molar-refractivity contribution in [2.75, 3.05) is 44.4 Å². The molecule has 0 aromatic rings. The normalized spacial score (nSPS) is 25.1. The molecule has 1 unspecified atom stereocenters. The summed E-state index contributed by atoms with van der Waals surface area (Å²) in [6, 6.07) is -0.311. The Kier molecular flexibility index (Phi) is 4.25. The summed E-state index contributed by atoms with van der Waals surface area (Å²) in [5, 5.41) is 3.21. The Morgan fingerprint density at radius 1 is 1.35 bits per heavy atom. The molecule has 2 saturated heterocycles. The fourth-order valence-electron chi connectivity index (χ4n) is 2.11. The zero-order chi connectivity index (χ0) is 12.3. The van der Waals surface area contributed by atoms with Crippen molar-refractivity contribution in [1.82, 2.24) is 15.1 Å². The number of nitrogens with two attached hydrogens (primary N) is 1. The second-order valence-corrected chi connectivity index (χ2v) is 5.16. The van der Waals surface area contributed by atoms with Gasteiger partial charge < -0.3 is 20.9 Å². The zero-order valence-electron chi connectivity index (χ0n) is 9.72. The molecule has 2 amide bonds. The zero-order valence-corrected chi connectivity index (χ0v) is 10.5. The molecule has 0 spiro atoms. The number of nitrogens with zero attached hydrogens (tertiary/aromatic N) is 2. The lowest BCUT2D eigenvalue weighted by Gasteiger charge is -2.32. The second-order valence-electron chi connectivity index (χ2n) is 4.16. The maximum absolute atomic E-state index is 12.3. The van der Waals surface area contributed by atoms with Crippen molar-refractivity contribution in [3.8, 4) is 0 Å². The van der Waals surface area contributed by atoms with Crippen molar-refractivity contribution in [1.29, 1.82) is 0 Å². The van der Waals surface area contributed by atoms with Crippen LogP contribution in [0.2, 0.25) is 0 Å². The molecule has 0 saturated carbocycles. The molecule has 0 aliphatic carbocycles. The third-order valence-corrected chi connectivity index (χ3v) is 4.10. The van der Waals surface area contributed by atoms with Crippen LogP contribution in [0.15, 0.2) is 0 Å². The van der Waals surface area contributed by atoms with E-state index in [1.54, 1.807) is 16.7 Å². The van der Waals surface area contributed by atoms with Crippen LogP contribution >= 0.6 is 11.8 Å². The fraction of sp³-hybridized carbons (Fsp3) is 0.800. The summed E-state index contributed by atoms with van der Waals surface area (Å²) < 4.78 is 0. The van der Waals surface area contributed by atoms with Crippen LogP contribution in [0.4, 0.5) is 0 Å². The van der Waals surface area contributed by atoms with Crippen molar-refractivity contribution in [2.45, 2.75) is 6.04 Å². The SMILES string of the molecule is NCC(=O)N1CSCC1C(=O)N1CCNCC1. The number of rotatable bonds is 2. The summed E-state index contributed by atoms with van der Waals surface area (Å²) in [6.45, 7) is 3.09. The number of carbonyl (C=O) groups excluding carboxylic acids is 2. The van der Waals surface area contributed by atoms with Gasteiger partial charge in [-0.2, -0.15) is 0 Å². The van der Waals surface area contributed by atoms with E-state index in [2.05, 4.69) is 5.32 Å². The molecule has 0 aromatic heterocycles. The van der Waals surface area contributed by atoms with Gasteiger partial charge in [-0.3, -0.25) is 9.59 Å². The topological polar surface area (TPSA) is 78.7 Å². The molecule has 3 N–H and O–H groups in total. The monoisotopic (exact) mass is 258 g/mol. The summed E-state index contributed by atoms with van der Waals surface area (Å²) in [7, 11) is 0. The van der Waals surface area contributed by atoms with Crippen LogP contribution in [0.1, 0.15) is 0 Å². The Balaban J connectivity index is 1.99. The van der Waals surface area contributed by atoms with Gasteiger partial charge >= 0.3 is 0 Å². The molecule has 2 fully saturated rings. The van der Waals surface area contributed by atoms with Gasteiger partial charge in [-0.1, -0.05) is 0 Å². The van der Waals surface area contributed by atoms with Crippen molar-refractivity contribution >= 4 is 23.6 Å². The standard InChI is InChI=1S/C10H18N4O2S/c11-5-9(15)14-7-17-6-8(14)10(16)13-3-1-12-2-4-13/h8,12H,1-7,11H2. The van der Waals surface area contributed by atoms with E-state index < -0.39 is 0 Å². The van der Waals surface area contributed by atoms with Gasteiger partial charge in [-0.15, -0.1) is 11.8 Å². The largest absolute Gasteiger partial charge is 0.338 e. The third-order valence-electron chi connectivity index (χ3n) is 3.09. The van der Waals surface area contributed by atoms with E-state index in [0.717, 1.165) is 26.2 Å². The first-order valence-electron chi connectivity index (χ1n) is 5.81. The number of amides is 2. The highest BCUT2D eigenvalue weighted by molar-refractivity contribution is 7.99. The Bertz CT molecular complexity index is 307. The number of carbonyl (C=O) groups is 2. The Morgan fingerprint density at radius 3 is 2.71 bits per heavy atom. The first-order chi connectivity index (χ1) is 8.24. The molecule has 7 heteroatoms. The van der Waals surface area contributed by atoms with Gasteiger partial charge in [0, 0.05) is 31.9 Å². The summed E-state index contributed by atoms with van der Waals surface area (Å²) in [4.78, 5) is 27.3. The highest BCUT2D eigenvalue weighted by atomic mass is 32.2. The van der Waals surface area contributed by atoms with E-state index in [1.807, 2.05) is 4.90 Å². The Labute approximate surface area is 105 Å². The smallest absolute Gasteiger partial charge is 0.246 e. The van der Waals surface area contributed by atoms with Crippen LogP contribution in [-0.4, -0.2) is 72.0 Å². The molecule has 2 rings (SSSR count). The minimum atomic E-state index is -0.311. The predicted octanol–water partition coefficient (Wildman–Crippen LogP) is -1.72. The van der Waals surface area contributed by atoms with Gasteiger partial charge in [0.15, 0.2) is 0 Å². The van der Waals surface area contributed by atoms with Crippen molar-refractivity contribution in [3.05, 3.63) is 0 Å². The van der Waals surface area contributed by atoms with Crippen LogP contribution < -0.4 is 11.1 Å². The van der Waals surface area contributed by atoms with Crippen molar-refractivity contribution < 1.29 is 9.59 Å². The first-order valence-corrected chi connectivity index (χ1v) is 6.96. The van der Waals surface area contributed by atoms with Crippen molar-refractivity contribution in [2.24, 2.45) is 5.73 Å². The molecule has 2 aliphatic rings. The van der Waals surface area contributed by atoms with Crippen LogP contribution in [0.5, 0.6) is 0 Å². The molecular formula is C10H18N4O2S. The van der Waals surface area contributed by atoms with Crippen molar-refractivity contribution in [3.63, 3.8) is 0 Å². The highest BCUT2D eigenvalue weighted by Gasteiger charge is 2.36. The maximum atomic E-state index is 12.3. The molecule has 0 aromatic carbocycles. The molecule has 2 heterocycles. The maximum Gasteiger partial charge on any atom is 0.246 e. The third kappa shape index (κ3) is 2.72. The lowest BCUT2D eigenvalue weighted by atomic mass is 10.2. The minimum absolute atomic E-state index is 0.0219. The Morgan fingerprint density at radius 2 is 2.06 bits per heavy atom. The van der Waals surface area contributed by atoms with Gasteiger partial charge in [0.05, 0.1) is 12.4 Å². The van der Waals surface area contributed by atoms with Gasteiger partial charge in [0.2, 0.25) is 11.8 Å². The average molecular weight is 258 g/mol. The van der Waals surface area contributed by atoms with Crippen LogP contribution in [0, 0.1) is 0 Å². The van der Waals surface area contributed by atoms with E-state index in [1.165, 1.54) is 0 Å². The van der Waals surface area contributed by atoms with Gasteiger partial charge in [-0.05, 0) is 0 Å². The quantitative estimate of drug-likeness (QED) is 0.616. The average Bonchev–Trinajstić information content (AvgIpc) is 2.87. The summed E-state index contributed by atoms with van der Waals surface area (Å²) in [6.07, 6.45) is 0. The van der Waals surface area contributed by atoms with E-state index in [4.69, 9.17) is 5.73 Å². The molecule has 1 atom stereocenters. The first kappa shape index (κ1) is 12.7. The number of piperazine rings is 1. The van der Waals surface area contributed by atoms with Gasteiger partial charge in [-0.25, -0.2) is 0 Å². The summed E-state index contributed by atoms with van der Waals surface area (Å²) in [5.74, 6) is 1.20. The number of hydrogen-bond acceptors (Lipinski definition) is 5. The van der Waals surface area contributed by atoms with E-state index in [9.17, 15) is 9.59 Å². The van der Waals surface area contributed by atoms with Gasteiger partial charge in [0.1, 0.15) is 6.04 Å². The molecule has 0 radical (unpaired) electrons. The van der Waals surface area contributed by atoms with Crippen LogP contribution in [-0.2, 0) is 9.59 Å². The van der Waals surface area contributed by atoms with Crippen LogP contribution in [0.3, 0.4) is 0 Å². The summed E-state index contributed by atoms with van der Waals surface area (Å²) >= 11 is 1.61. The molecule has 96 valence electrons. The minimum Gasteiger partial charge on any atom is -0.338 e. The highest BCUT2D eigenvalue weighted by Crippen LogP contribution is 2.22. The lowest BCUT2D eigenvalue weighted by Crippen LogP contribution is -2.54. The van der Waals surface area contributed by atoms with Gasteiger partial charge in [0.25, 0.3) is 0 Å². The molecular weight excluding hydrogens is 240 g/mol. The van der Waals surface area contributed by atoms with E-state index in [0.29, 0.717) is 11.6 Å². The molecule has 2 aliphatic heterocycles.